The third kappa shape index (κ3) is 3.97. The van der Waals surface area contributed by atoms with Crippen molar-refractivity contribution in [2.75, 3.05) is 18.6 Å². The molecule has 1 heterocycles. The molecule has 0 aromatic heterocycles. The Balaban J connectivity index is 1.80. The topological polar surface area (TPSA) is 55.8 Å². The number of amides is 1. The molecule has 0 saturated heterocycles. The largest absolute Gasteiger partial charge is 0.493 e. The highest BCUT2D eigenvalue weighted by Gasteiger charge is 2.35. The van der Waals surface area contributed by atoms with Crippen molar-refractivity contribution in [2.24, 2.45) is 5.92 Å². The fourth-order valence-electron chi connectivity index (χ4n) is 3.09. The first-order valence-corrected chi connectivity index (χ1v) is 9.17. The van der Waals surface area contributed by atoms with Gasteiger partial charge in [0.1, 0.15) is 0 Å². The first kappa shape index (κ1) is 19.0. The third-order valence-electron chi connectivity index (χ3n) is 4.65. The number of hydrogen-bond donors (Lipinski definition) is 0. The number of carbonyl (C=O) groups is 2. The summed E-state index contributed by atoms with van der Waals surface area (Å²) in [6, 6.07) is 11.1. The van der Waals surface area contributed by atoms with Crippen LogP contribution in [-0.4, -0.2) is 25.4 Å². The SMILES string of the molecule is COc1cc(CN2C(=O)C(=O)c3cc(C)ccc32)ccc1OCCC(C)C. The molecule has 0 fully saturated rings. The molecule has 0 spiro atoms. The van der Waals surface area contributed by atoms with Gasteiger partial charge in [0.25, 0.3) is 11.7 Å². The molecule has 142 valence electrons. The fourth-order valence-corrected chi connectivity index (χ4v) is 3.09. The molecule has 0 atom stereocenters. The summed E-state index contributed by atoms with van der Waals surface area (Å²) in [5.41, 5.74) is 2.96. The highest BCUT2D eigenvalue weighted by atomic mass is 16.5. The molecule has 5 nitrogen and oxygen atoms in total. The number of methoxy groups -OCH3 is 1. The van der Waals surface area contributed by atoms with Crippen molar-refractivity contribution in [2.45, 2.75) is 33.7 Å². The Kier molecular flexibility index (Phi) is 5.49. The number of anilines is 1. The standard InChI is InChI=1S/C22H25NO4/c1-14(2)9-10-27-19-8-6-16(12-20(19)26-4)13-23-18-7-5-15(3)11-17(18)21(24)22(23)25/h5-8,11-12,14H,9-10,13H2,1-4H3. The van der Waals surface area contributed by atoms with Crippen molar-refractivity contribution in [3.63, 3.8) is 0 Å². The summed E-state index contributed by atoms with van der Waals surface area (Å²) in [4.78, 5) is 26.2. The van der Waals surface area contributed by atoms with Crippen LogP contribution in [0.25, 0.3) is 0 Å². The molecule has 0 radical (unpaired) electrons. The number of benzene rings is 2. The minimum absolute atomic E-state index is 0.309. The molecular formula is C22H25NO4. The van der Waals surface area contributed by atoms with Gasteiger partial charge in [0.2, 0.25) is 0 Å². The fraction of sp³-hybridized carbons (Fsp3) is 0.364. The summed E-state index contributed by atoms with van der Waals surface area (Å²) in [6.07, 6.45) is 0.964. The van der Waals surface area contributed by atoms with Gasteiger partial charge in [-0.05, 0) is 49.1 Å². The number of ether oxygens (including phenoxy) is 2. The first-order chi connectivity index (χ1) is 12.9. The van der Waals surface area contributed by atoms with Gasteiger partial charge < -0.3 is 14.4 Å². The lowest BCUT2D eigenvalue weighted by Crippen LogP contribution is -2.29. The molecule has 0 aliphatic carbocycles. The van der Waals surface area contributed by atoms with Crippen molar-refractivity contribution in [1.29, 1.82) is 0 Å². The van der Waals surface area contributed by atoms with E-state index in [2.05, 4.69) is 13.8 Å². The quantitative estimate of drug-likeness (QED) is 0.690. The van der Waals surface area contributed by atoms with Gasteiger partial charge in [-0.2, -0.15) is 0 Å². The highest BCUT2D eigenvalue weighted by molar-refractivity contribution is 6.52. The van der Waals surface area contributed by atoms with Gasteiger partial charge in [-0.15, -0.1) is 0 Å². The number of nitrogens with zero attached hydrogens (tertiary/aromatic N) is 1. The molecule has 0 N–H and O–H groups in total. The highest BCUT2D eigenvalue weighted by Crippen LogP contribution is 2.33. The van der Waals surface area contributed by atoms with Crippen LogP contribution in [0.3, 0.4) is 0 Å². The zero-order valence-electron chi connectivity index (χ0n) is 16.2. The smallest absolute Gasteiger partial charge is 0.299 e. The van der Waals surface area contributed by atoms with Crippen molar-refractivity contribution >= 4 is 17.4 Å². The Bertz CT molecular complexity index is 873. The van der Waals surface area contributed by atoms with Crippen LogP contribution in [0.5, 0.6) is 11.5 Å². The second-order valence-electron chi connectivity index (χ2n) is 7.26. The zero-order chi connectivity index (χ0) is 19.6. The minimum Gasteiger partial charge on any atom is -0.493 e. The molecule has 1 amide bonds. The Labute approximate surface area is 159 Å². The van der Waals surface area contributed by atoms with Crippen molar-refractivity contribution in [3.05, 3.63) is 53.1 Å². The van der Waals surface area contributed by atoms with Crippen molar-refractivity contribution in [3.8, 4) is 11.5 Å². The van der Waals surface area contributed by atoms with Gasteiger partial charge in [-0.25, -0.2) is 0 Å². The number of Topliss-reactive ketones (excluding diaryl/α,β-unsaturated/α-hetero) is 1. The van der Waals surface area contributed by atoms with Crippen molar-refractivity contribution in [1.82, 2.24) is 0 Å². The van der Waals surface area contributed by atoms with Crippen LogP contribution < -0.4 is 14.4 Å². The van der Waals surface area contributed by atoms with Gasteiger partial charge in [0.05, 0.1) is 31.5 Å². The molecule has 2 aromatic carbocycles. The maximum absolute atomic E-state index is 12.4. The Morgan fingerprint density at radius 3 is 2.52 bits per heavy atom. The lowest BCUT2D eigenvalue weighted by atomic mass is 10.1. The minimum atomic E-state index is -0.494. The van der Waals surface area contributed by atoms with Gasteiger partial charge in [0, 0.05) is 0 Å². The van der Waals surface area contributed by atoms with E-state index >= 15 is 0 Å². The maximum Gasteiger partial charge on any atom is 0.299 e. The summed E-state index contributed by atoms with van der Waals surface area (Å²) in [5, 5.41) is 0. The number of aryl methyl sites for hydroxylation is 1. The van der Waals surface area contributed by atoms with E-state index in [4.69, 9.17) is 9.47 Å². The Morgan fingerprint density at radius 1 is 1.04 bits per heavy atom. The third-order valence-corrected chi connectivity index (χ3v) is 4.65. The summed E-state index contributed by atoms with van der Waals surface area (Å²) in [7, 11) is 1.59. The predicted molar refractivity (Wildman–Crippen MR) is 105 cm³/mol. The monoisotopic (exact) mass is 367 g/mol. The molecule has 3 rings (SSSR count). The molecule has 0 bridgehead atoms. The zero-order valence-corrected chi connectivity index (χ0v) is 16.2. The van der Waals surface area contributed by atoms with Gasteiger partial charge in [-0.1, -0.05) is 31.5 Å². The van der Waals surface area contributed by atoms with Crippen LogP contribution in [0.4, 0.5) is 5.69 Å². The lowest BCUT2D eigenvalue weighted by Gasteiger charge is -2.18. The molecule has 2 aromatic rings. The normalized spacial score (nSPS) is 13.3. The van der Waals surface area contributed by atoms with Crippen LogP contribution in [0.15, 0.2) is 36.4 Å². The number of rotatable bonds is 7. The Morgan fingerprint density at radius 2 is 1.81 bits per heavy atom. The van der Waals surface area contributed by atoms with Crippen molar-refractivity contribution < 1.29 is 19.1 Å². The maximum atomic E-state index is 12.4. The summed E-state index contributed by atoms with van der Waals surface area (Å²) >= 11 is 0. The van der Waals surface area contributed by atoms with Crippen LogP contribution in [-0.2, 0) is 11.3 Å². The molecule has 0 saturated carbocycles. The van der Waals surface area contributed by atoms with E-state index < -0.39 is 11.7 Å². The second-order valence-corrected chi connectivity index (χ2v) is 7.26. The van der Waals surface area contributed by atoms with Gasteiger partial charge >= 0.3 is 0 Å². The molecule has 5 heteroatoms. The van der Waals surface area contributed by atoms with E-state index in [9.17, 15) is 9.59 Å². The molecule has 1 aliphatic heterocycles. The average molecular weight is 367 g/mol. The number of fused-ring (bicyclic) bond motifs is 1. The summed E-state index contributed by atoms with van der Waals surface area (Å²) < 4.78 is 11.3. The van der Waals surface area contributed by atoms with E-state index in [0.29, 0.717) is 41.8 Å². The molecule has 27 heavy (non-hydrogen) atoms. The first-order valence-electron chi connectivity index (χ1n) is 9.17. The van der Waals surface area contributed by atoms with E-state index in [-0.39, 0.29) is 0 Å². The molecule has 0 unspecified atom stereocenters. The van der Waals surface area contributed by atoms with E-state index in [0.717, 1.165) is 17.5 Å². The van der Waals surface area contributed by atoms with Gasteiger partial charge in [0.15, 0.2) is 11.5 Å². The van der Waals surface area contributed by atoms with E-state index in [1.807, 2.05) is 37.3 Å². The summed E-state index contributed by atoms with van der Waals surface area (Å²) in [6.45, 7) is 7.14. The lowest BCUT2D eigenvalue weighted by molar-refractivity contribution is -0.114. The molecular weight excluding hydrogens is 342 g/mol. The van der Waals surface area contributed by atoms with Crippen LogP contribution in [0.1, 0.15) is 41.8 Å². The number of ketones is 1. The van der Waals surface area contributed by atoms with Crippen LogP contribution in [0.2, 0.25) is 0 Å². The van der Waals surface area contributed by atoms with E-state index in [1.165, 1.54) is 4.90 Å². The van der Waals surface area contributed by atoms with Crippen LogP contribution in [0, 0.1) is 12.8 Å². The summed E-state index contributed by atoms with van der Waals surface area (Å²) in [5.74, 6) is 0.930. The van der Waals surface area contributed by atoms with Crippen LogP contribution >= 0.6 is 0 Å². The Hall–Kier alpha value is -2.82. The predicted octanol–water partition coefficient (Wildman–Crippen LogP) is 4.16. The second kappa shape index (κ2) is 7.82. The molecule has 1 aliphatic rings. The van der Waals surface area contributed by atoms with Gasteiger partial charge in [-0.3, -0.25) is 9.59 Å². The number of carbonyl (C=O) groups excluding carboxylic acids is 2. The average Bonchev–Trinajstić information content (AvgIpc) is 2.87. The van der Waals surface area contributed by atoms with E-state index in [1.54, 1.807) is 13.2 Å². The number of hydrogen-bond acceptors (Lipinski definition) is 4.